The van der Waals surface area contributed by atoms with E-state index >= 15 is 0 Å². The summed E-state index contributed by atoms with van der Waals surface area (Å²) >= 11 is 0. The summed E-state index contributed by atoms with van der Waals surface area (Å²) in [5, 5.41) is 3.01. The van der Waals surface area contributed by atoms with Crippen molar-refractivity contribution < 1.29 is 17.9 Å². The molecule has 0 bridgehead atoms. The Labute approximate surface area is 168 Å². The Morgan fingerprint density at radius 1 is 1.07 bits per heavy atom. The molecule has 0 saturated carbocycles. The third-order valence-corrected chi connectivity index (χ3v) is 6.48. The lowest BCUT2D eigenvalue weighted by molar-refractivity contribution is 0.0934. The number of rotatable bonds is 9. The average molecular weight is 404 g/mol. The molecule has 1 amide bonds. The summed E-state index contributed by atoms with van der Waals surface area (Å²) < 4.78 is 29.2. The molecule has 0 spiro atoms. The zero-order valence-corrected chi connectivity index (χ0v) is 17.8. The maximum Gasteiger partial charge on any atom is 0.251 e. The van der Waals surface area contributed by atoms with Crippen molar-refractivity contribution in [3.8, 4) is 0 Å². The zero-order valence-electron chi connectivity index (χ0n) is 16.9. The van der Waals surface area contributed by atoms with Crippen LogP contribution < -0.4 is 5.32 Å². The molecule has 0 heterocycles. The van der Waals surface area contributed by atoms with E-state index in [9.17, 15) is 13.2 Å². The van der Waals surface area contributed by atoms with E-state index < -0.39 is 9.84 Å². The van der Waals surface area contributed by atoms with Crippen molar-refractivity contribution in [2.75, 3.05) is 19.5 Å². The van der Waals surface area contributed by atoms with Crippen molar-refractivity contribution in [3.05, 3.63) is 65.7 Å². The molecule has 0 radical (unpaired) electrons. The van der Waals surface area contributed by atoms with Crippen LogP contribution in [0.25, 0.3) is 0 Å². The van der Waals surface area contributed by atoms with Gasteiger partial charge in [0.1, 0.15) is 0 Å². The Hall–Kier alpha value is -2.18. The predicted molar refractivity (Wildman–Crippen MR) is 111 cm³/mol. The van der Waals surface area contributed by atoms with Gasteiger partial charge in [-0.2, -0.15) is 0 Å². The van der Waals surface area contributed by atoms with Crippen LogP contribution >= 0.6 is 0 Å². The van der Waals surface area contributed by atoms with E-state index in [2.05, 4.69) is 31.3 Å². The molecule has 1 unspecified atom stereocenters. The minimum atomic E-state index is -3.40. The van der Waals surface area contributed by atoms with E-state index in [4.69, 9.17) is 4.74 Å². The van der Waals surface area contributed by atoms with Gasteiger partial charge in [0, 0.05) is 18.7 Å². The second kappa shape index (κ2) is 9.34. The van der Waals surface area contributed by atoms with Crippen LogP contribution in [0.4, 0.5) is 0 Å². The van der Waals surface area contributed by atoms with Gasteiger partial charge in [-0.25, -0.2) is 8.42 Å². The van der Waals surface area contributed by atoms with E-state index in [-0.39, 0.29) is 34.6 Å². The van der Waals surface area contributed by atoms with Gasteiger partial charge in [-0.05, 0) is 48.6 Å². The van der Waals surface area contributed by atoms with Crippen LogP contribution in [0, 0.1) is 0 Å². The molecule has 6 heteroatoms. The van der Waals surface area contributed by atoms with Crippen molar-refractivity contribution in [2.45, 2.75) is 43.5 Å². The van der Waals surface area contributed by atoms with Gasteiger partial charge >= 0.3 is 0 Å². The number of sulfone groups is 1. The average Bonchev–Trinajstić information content (AvgIpc) is 2.66. The smallest absolute Gasteiger partial charge is 0.251 e. The molecule has 0 aliphatic carbocycles. The normalized spacial score (nSPS) is 13.1. The van der Waals surface area contributed by atoms with Crippen LogP contribution in [0.3, 0.4) is 0 Å². The van der Waals surface area contributed by atoms with Crippen LogP contribution in [-0.4, -0.2) is 39.8 Å². The zero-order chi connectivity index (χ0) is 20.8. The molecular formula is C22H29NO4S. The largest absolute Gasteiger partial charge is 0.384 e. The molecule has 0 aromatic heterocycles. The van der Waals surface area contributed by atoms with E-state index in [1.165, 1.54) is 24.8 Å². The van der Waals surface area contributed by atoms with Gasteiger partial charge in [-0.3, -0.25) is 4.79 Å². The molecule has 5 nitrogen and oxygen atoms in total. The summed E-state index contributed by atoms with van der Waals surface area (Å²) in [6, 6.07) is 16.2. The maximum absolute atomic E-state index is 12.5. The Morgan fingerprint density at radius 2 is 1.68 bits per heavy atom. The van der Waals surface area contributed by atoms with E-state index in [0.29, 0.717) is 5.56 Å². The Balaban J connectivity index is 2.00. The van der Waals surface area contributed by atoms with Crippen LogP contribution in [0.5, 0.6) is 0 Å². The summed E-state index contributed by atoms with van der Waals surface area (Å²) in [6.07, 6.45) is 0.784. The molecule has 152 valence electrons. The fourth-order valence-corrected chi connectivity index (χ4v) is 4.43. The molecule has 0 saturated heterocycles. The van der Waals surface area contributed by atoms with Gasteiger partial charge in [0.05, 0.1) is 17.3 Å². The van der Waals surface area contributed by atoms with Crippen molar-refractivity contribution in [2.24, 2.45) is 0 Å². The van der Waals surface area contributed by atoms with Gasteiger partial charge in [-0.1, -0.05) is 44.2 Å². The molecular weight excluding hydrogens is 374 g/mol. The van der Waals surface area contributed by atoms with Crippen LogP contribution in [0.1, 0.15) is 43.1 Å². The molecule has 0 aliphatic rings. The molecule has 0 aliphatic heterocycles. The number of nitrogens with one attached hydrogen (secondary N) is 1. The minimum Gasteiger partial charge on any atom is -0.384 e. The minimum absolute atomic E-state index is 0.0344. The second-order valence-electron chi connectivity index (χ2n) is 7.66. The lowest BCUT2D eigenvalue weighted by atomic mass is 9.79. The first-order valence-electron chi connectivity index (χ1n) is 9.34. The third-order valence-electron chi connectivity index (χ3n) is 4.78. The highest BCUT2D eigenvalue weighted by atomic mass is 32.2. The fourth-order valence-electron chi connectivity index (χ4n) is 3.26. The Morgan fingerprint density at radius 3 is 2.25 bits per heavy atom. The Bertz CT molecular complexity index is 875. The molecule has 2 aromatic carbocycles. The monoisotopic (exact) mass is 403 g/mol. The standard InChI is InChI=1S/C22H29NO4S/c1-17(16-22(2,3)19-8-6-5-7-9-19)23-21(24)18-10-12-20(13-11-18)28(25,26)15-14-27-4/h5-13,17H,14-16H2,1-4H3,(H,23,24). The molecule has 2 aromatic rings. The number of benzene rings is 2. The Kier molecular flexibility index (Phi) is 7.38. The summed E-state index contributed by atoms with van der Waals surface area (Å²) in [5.74, 6) is -0.294. The quantitative estimate of drug-likeness (QED) is 0.694. The topological polar surface area (TPSA) is 72.5 Å². The molecule has 1 N–H and O–H groups in total. The van der Waals surface area contributed by atoms with E-state index in [1.807, 2.05) is 25.1 Å². The number of carbonyl (C=O) groups is 1. The highest BCUT2D eigenvalue weighted by Crippen LogP contribution is 2.28. The summed E-state index contributed by atoms with van der Waals surface area (Å²) in [5.41, 5.74) is 1.59. The van der Waals surface area contributed by atoms with Gasteiger partial charge in [0.25, 0.3) is 5.91 Å². The summed E-state index contributed by atoms with van der Waals surface area (Å²) in [4.78, 5) is 12.7. The maximum atomic E-state index is 12.5. The van der Waals surface area contributed by atoms with Gasteiger partial charge < -0.3 is 10.1 Å². The van der Waals surface area contributed by atoms with Crippen molar-refractivity contribution in [1.29, 1.82) is 0 Å². The predicted octanol–water partition coefficient (Wildman–Crippen LogP) is 3.59. The van der Waals surface area contributed by atoms with Gasteiger partial charge in [0.15, 0.2) is 9.84 Å². The lowest BCUT2D eigenvalue weighted by Crippen LogP contribution is -2.37. The van der Waals surface area contributed by atoms with Gasteiger partial charge in [0.2, 0.25) is 0 Å². The fraction of sp³-hybridized carbons (Fsp3) is 0.409. The first-order chi connectivity index (χ1) is 13.2. The number of amides is 1. The first kappa shape index (κ1) is 22.1. The van der Waals surface area contributed by atoms with Crippen LogP contribution in [-0.2, 0) is 20.0 Å². The third kappa shape index (κ3) is 5.91. The SMILES string of the molecule is COCCS(=O)(=O)c1ccc(C(=O)NC(C)CC(C)(C)c2ccccc2)cc1. The first-order valence-corrected chi connectivity index (χ1v) is 11.0. The number of ether oxygens (including phenoxy) is 1. The highest BCUT2D eigenvalue weighted by Gasteiger charge is 2.24. The molecule has 1 atom stereocenters. The van der Waals surface area contributed by atoms with E-state index in [1.54, 1.807) is 12.1 Å². The summed E-state index contributed by atoms with van der Waals surface area (Å²) in [6.45, 7) is 6.43. The van der Waals surface area contributed by atoms with Crippen molar-refractivity contribution >= 4 is 15.7 Å². The summed E-state index contributed by atoms with van der Waals surface area (Å²) in [7, 11) is -1.94. The number of hydrogen-bond donors (Lipinski definition) is 1. The van der Waals surface area contributed by atoms with Crippen LogP contribution in [0.15, 0.2) is 59.5 Å². The molecule has 28 heavy (non-hydrogen) atoms. The highest BCUT2D eigenvalue weighted by molar-refractivity contribution is 7.91. The van der Waals surface area contributed by atoms with Crippen molar-refractivity contribution in [3.63, 3.8) is 0 Å². The van der Waals surface area contributed by atoms with Crippen molar-refractivity contribution in [1.82, 2.24) is 5.32 Å². The van der Waals surface area contributed by atoms with E-state index in [0.717, 1.165) is 6.42 Å². The number of hydrogen-bond acceptors (Lipinski definition) is 4. The number of carbonyl (C=O) groups excluding carboxylic acids is 1. The second-order valence-corrected chi connectivity index (χ2v) is 9.77. The molecule has 0 fully saturated rings. The molecule has 2 rings (SSSR count). The lowest BCUT2D eigenvalue weighted by Gasteiger charge is -2.29. The number of methoxy groups -OCH3 is 1. The van der Waals surface area contributed by atoms with Crippen LogP contribution in [0.2, 0.25) is 0 Å². The van der Waals surface area contributed by atoms with Gasteiger partial charge in [-0.15, -0.1) is 0 Å².